The number of carbonyl (C=O) groups excluding carboxylic acids is 1. The van der Waals surface area contributed by atoms with Crippen molar-refractivity contribution in [3.05, 3.63) is 70.1 Å². The quantitative estimate of drug-likeness (QED) is 0.873. The second-order valence-corrected chi connectivity index (χ2v) is 6.67. The number of aliphatic imine (C=N–C) groups is 1. The molecule has 0 saturated heterocycles. The molecule has 2 aromatic rings. The predicted octanol–water partition coefficient (Wildman–Crippen LogP) is 3.38. The topological polar surface area (TPSA) is 50.7 Å². The normalized spacial score (nSPS) is 17.6. The Morgan fingerprint density at radius 3 is 2.96 bits per heavy atom. The molecule has 0 unspecified atom stereocenters. The highest BCUT2D eigenvalue weighted by atomic mass is 32.2. The van der Waals surface area contributed by atoms with Crippen LogP contribution in [0.1, 0.15) is 16.7 Å². The second-order valence-electron chi connectivity index (χ2n) is 5.64. The maximum atomic E-state index is 12.1. The van der Waals surface area contributed by atoms with E-state index >= 15 is 0 Å². The second kappa shape index (κ2) is 6.53. The molecular formula is C19H16N2O2S. The fraction of sp³-hybridized carbons (Fsp3) is 0.158. The summed E-state index contributed by atoms with van der Waals surface area (Å²) in [6, 6.07) is 16.1. The standard InChI is InChI=1S/C19H16N2O2S/c22-18-17(11-14-6-7-16-15(10-14)8-9-23-16)24-19(21-18)20-12-13-4-2-1-3-5-13/h1-7,10-11H,8-9,12H2,(H,20,21,22)/b17-11-. The Kier molecular flexibility index (Phi) is 4.09. The summed E-state index contributed by atoms with van der Waals surface area (Å²) in [6.07, 6.45) is 2.82. The molecule has 2 aliphatic rings. The number of carbonyl (C=O) groups is 1. The van der Waals surface area contributed by atoms with Gasteiger partial charge >= 0.3 is 0 Å². The van der Waals surface area contributed by atoms with Gasteiger partial charge in [0.15, 0.2) is 5.17 Å². The summed E-state index contributed by atoms with van der Waals surface area (Å²) in [4.78, 5) is 16.8. The number of amidine groups is 1. The zero-order chi connectivity index (χ0) is 16.4. The molecule has 0 fully saturated rings. The molecule has 0 saturated carbocycles. The fourth-order valence-corrected chi connectivity index (χ4v) is 3.52. The number of rotatable bonds is 3. The van der Waals surface area contributed by atoms with Crippen molar-refractivity contribution in [3.63, 3.8) is 0 Å². The number of benzene rings is 2. The summed E-state index contributed by atoms with van der Waals surface area (Å²) in [5.41, 5.74) is 3.36. The lowest BCUT2D eigenvalue weighted by atomic mass is 10.1. The van der Waals surface area contributed by atoms with Gasteiger partial charge in [-0.3, -0.25) is 4.79 Å². The van der Waals surface area contributed by atoms with Crippen LogP contribution in [0.15, 0.2) is 58.4 Å². The van der Waals surface area contributed by atoms with Crippen molar-refractivity contribution in [2.45, 2.75) is 13.0 Å². The Balaban J connectivity index is 1.44. The number of amides is 1. The van der Waals surface area contributed by atoms with Crippen molar-refractivity contribution < 1.29 is 9.53 Å². The molecule has 0 atom stereocenters. The molecule has 0 spiro atoms. The highest BCUT2D eigenvalue weighted by Gasteiger charge is 2.22. The summed E-state index contributed by atoms with van der Waals surface area (Å²) in [5, 5.41) is 3.87. The van der Waals surface area contributed by atoms with E-state index in [4.69, 9.17) is 4.74 Å². The molecule has 4 nitrogen and oxygen atoms in total. The highest BCUT2D eigenvalue weighted by Crippen LogP contribution is 2.30. The van der Waals surface area contributed by atoms with Crippen molar-refractivity contribution in [1.82, 2.24) is 5.32 Å². The molecule has 0 aliphatic carbocycles. The van der Waals surface area contributed by atoms with E-state index in [9.17, 15) is 4.79 Å². The van der Waals surface area contributed by atoms with E-state index in [2.05, 4.69) is 16.4 Å². The van der Waals surface area contributed by atoms with Gasteiger partial charge in [0.1, 0.15) is 5.75 Å². The number of hydrogen-bond donors (Lipinski definition) is 1. The van der Waals surface area contributed by atoms with Gasteiger partial charge in [-0.15, -0.1) is 0 Å². The van der Waals surface area contributed by atoms with E-state index in [0.717, 1.165) is 29.9 Å². The number of nitrogens with one attached hydrogen (secondary N) is 1. The van der Waals surface area contributed by atoms with Crippen LogP contribution in [-0.4, -0.2) is 17.7 Å². The van der Waals surface area contributed by atoms with Crippen molar-refractivity contribution >= 4 is 28.9 Å². The van der Waals surface area contributed by atoms with Crippen molar-refractivity contribution in [3.8, 4) is 5.75 Å². The van der Waals surface area contributed by atoms with Crippen molar-refractivity contribution in [2.24, 2.45) is 4.99 Å². The molecule has 0 aromatic heterocycles. The van der Waals surface area contributed by atoms with Gasteiger partial charge in [0, 0.05) is 13.0 Å². The molecule has 120 valence electrons. The minimum Gasteiger partial charge on any atom is -0.493 e. The summed E-state index contributed by atoms with van der Waals surface area (Å²) in [6.45, 7) is 1.39. The van der Waals surface area contributed by atoms with Gasteiger partial charge in [-0.05, 0) is 46.7 Å². The third-order valence-electron chi connectivity index (χ3n) is 3.92. The molecule has 4 rings (SSSR count). The van der Waals surface area contributed by atoms with Gasteiger partial charge < -0.3 is 10.1 Å². The van der Waals surface area contributed by atoms with E-state index in [0.29, 0.717) is 16.6 Å². The molecule has 1 amide bonds. The zero-order valence-corrected chi connectivity index (χ0v) is 13.8. The summed E-state index contributed by atoms with van der Waals surface area (Å²) in [7, 11) is 0. The Morgan fingerprint density at radius 1 is 1.21 bits per heavy atom. The van der Waals surface area contributed by atoms with Crippen LogP contribution in [0.4, 0.5) is 0 Å². The molecule has 0 radical (unpaired) electrons. The van der Waals surface area contributed by atoms with Crippen molar-refractivity contribution in [2.75, 3.05) is 6.61 Å². The van der Waals surface area contributed by atoms with Crippen LogP contribution in [0.5, 0.6) is 5.75 Å². The molecule has 24 heavy (non-hydrogen) atoms. The number of fused-ring (bicyclic) bond motifs is 1. The van der Waals surface area contributed by atoms with E-state index in [1.54, 1.807) is 0 Å². The van der Waals surface area contributed by atoms with E-state index in [-0.39, 0.29) is 5.91 Å². The first-order valence-corrected chi connectivity index (χ1v) is 8.66. The zero-order valence-electron chi connectivity index (χ0n) is 13.0. The SMILES string of the molecule is O=C1N=C(NCc2ccccc2)S/C1=C\c1ccc2c(c1)CCO2. The molecule has 1 N–H and O–H groups in total. The lowest BCUT2D eigenvalue weighted by Gasteiger charge is -2.04. The maximum absolute atomic E-state index is 12.1. The third kappa shape index (κ3) is 3.21. The minimum absolute atomic E-state index is 0.188. The van der Waals surface area contributed by atoms with Gasteiger partial charge in [0.2, 0.25) is 0 Å². The first kappa shape index (κ1) is 15.0. The van der Waals surface area contributed by atoms with Crippen LogP contribution < -0.4 is 10.1 Å². The predicted molar refractivity (Wildman–Crippen MR) is 96.9 cm³/mol. The highest BCUT2D eigenvalue weighted by molar-refractivity contribution is 8.18. The van der Waals surface area contributed by atoms with Gasteiger partial charge in [-0.1, -0.05) is 36.4 Å². The number of hydrogen-bond acceptors (Lipinski definition) is 4. The molecule has 2 heterocycles. The minimum atomic E-state index is -0.188. The van der Waals surface area contributed by atoms with Gasteiger partial charge in [0.05, 0.1) is 11.5 Å². The molecule has 2 aromatic carbocycles. The van der Waals surface area contributed by atoms with Crippen LogP contribution in [-0.2, 0) is 17.8 Å². The van der Waals surface area contributed by atoms with Gasteiger partial charge in [-0.25, -0.2) is 0 Å². The van der Waals surface area contributed by atoms with E-state index in [1.165, 1.54) is 17.3 Å². The smallest absolute Gasteiger partial charge is 0.286 e. The summed E-state index contributed by atoms with van der Waals surface area (Å²) >= 11 is 1.39. The molecule has 5 heteroatoms. The van der Waals surface area contributed by atoms with Crippen LogP contribution in [0, 0.1) is 0 Å². The summed E-state index contributed by atoms with van der Waals surface area (Å²) < 4.78 is 5.51. The Hall–Kier alpha value is -2.53. The first-order valence-electron chi connectivity index (χ1n) is 7.84. The first-order chi connectivity index (χ1) is 11.8. The number of nitrogens with zero attached hydrogens (tertiary/aromatic N) is 1. The average Bonchev–Trinajstić information content (AvgIpc) is 3.20. The van der Waals surface area contributed by atoms with Crippen molar-refractivity contribution in [1.29, 1.82) is 0 Å². The summed E-state index contributed by atoms with van der Waals surface area (Å²) in [5.74, 6) is 0.760. The number of thioether (sulfide) groups is 1. The van der Waals surface area contributed by atoms with Crippen LogP contribution in [0.25, 0.3) is 6.08 Å². The van der Waals surface area contributed by atoms with Crippen LogP contribution in [0.2, 0.25) is 0 Å². The van der Waals surface area contributed by atoms with E-state index < -0.39 is 0 Å². The Labute approximate surface area is 144 Å². The average molecular weight is 336 g/mol. The lowest BCUT2D eigenvalue weighted by Crippen LogP contribution is -2.17. The van der Waals surface area contributed by atoms with E-state index in [1.807, 2.05) is 48.5 Å². The fourth-order valence-electron chi connectivity index (χ4n) is 2.71. The Morgan fingerprint density at radius 2 is 2.08 bits per heavy atom. The molecule has 0 bridgehead atoms. The lowest BCUT2D eigenvalue weighted by molar-refractivity contribution is -0.113. The largest absolute Gasteiger partial charge is 0.493 e. The molecule has 2 aliphatic heterocycles. The van der Waals surface area contributed by atoms with Gasteiger partial charge in [-0.2, -0.15) is 4.99 Å². The van der Waals surface area contributed by atoms with Crippen LogP contribution >= 0.6 is 11.8 Å². The number of ether oxygens (including phenoxy) is 1. The third-order valence-corrected chi connectivity index (χ3v) is 4.86. The van der Waals surface area contributed by atoms with Crippen LogP contribution in [0.3, 0.4) is 0 Å². The Bertz CT molecular complexity index is 844. The maximum Gasteiger partial charge on any atom is 0.286 e. The monoisotopic (exact) mass is 336 g/mol. The van der Waals surface area contributed by atoms with Gasteiger partial charge in [0.25, 0.3) is 5.91 Å². The molecular weight excluding hydrogens is 320 g/mol.